The number of anilines is 1. The largest absolute Gasteiger partial charge is 0.313 e. The number of piperidine rings is 1. The summed E-state index contributed by atoms with van der Waals surface area (Å²) in [4.78, 5) is 16.7. The molecule has 0 unspecified atom stereocenters. The quantitative estimate of drug-likeness (QED) is 0.459. The number of nitrogens with one attached hydrogen (secondary N) is 1. The number of hydrogen-bond acceptors (Lipinski definition) is 3. The maximum absolute atomic E-state index is 12.9. The zero-order valence-corrected chi connectivity index (χ0v) is 18.8. The van der Waals surface area contributed by atoms with Gasteiger partial charge in [0.15, 0.2) is 0 Å². The molecule has 30 heavy (non-hydrogen) atoms. The molecule has 3 nitrogen and oxygen atoms in total. The number of thiophene rings is 1. The second-order valence-electron chi connectivity index (χ2n) is 7.73. The summed E-state index contributed by atoms with van der Waals surface area (Å²) in [5, 5.41) is 4.89. The third-order valence-corrected chi connectivity index (χ3v) is 7.08. The maximum Gasteiger partial charge on any atom is 0.256 e. The minimum Gasteiger partial charge on any atom is -0.313 e. The number of carbonyl (C=O) groups is 1. The fourth-order valence-electron chi connectivity index (χ4n) is 4.14. The highest BCUT2D eigenvalue weighted by Crippen LogP contribution is 2.41. The van der Waals surface area contributed by atoms with Crippen molar-refractivity contribution in [2.45, 2.75) is 38.6 Å². The van der Waals surface area contributed by atoms with E-state index < -0.39 is 0 Å². The van der Waals surface area contributed by atoms with Crippen molar-refractivity contribution in [3.63, 3.8) is 0 Å². The molecule has 1 aliphatic rings. The van der Waals surface area contributed by atoms with Gasteiger partial charge in [-0.25, -0.2) is 0 Å². The summed E-state index contributed by atoms with van der Waals surface area (Å²) in [6, 6.07) is 19.9. The fourth-order valence-corrected chi connectivity index (χ4v) is 5.36. The average molecular weight is 439 g/mol. The van der Waals surface area contributed by atoms with E-state index in [-0.39, 0.29) is 11.9 Å². The summed E-state index contributed by atoms with van der Waals surface area (Å²) in [7, 11) is 0. The molecule has 1 amide bonds. The van der Waals surface area contributed by atoms with E-state index in [0.717, 1.165) is 29.5 Å². The van der Waals surface area contributed by atoms with Gasteiger partial charge >= 0.3 is 0 Å². The molecule has 3 aromatic rings. The Morgan fingerprint density at radius 1 is 1.07 bits per heavy atom. The normalized spacial score (nSPS) is 15.7. The highest BCUT2D eigenvalue weighted by Gasteiger charge is 2.28. The molecule has 1 saturated heterocycles. The standard InChI is InChI=1S/C25H27ClN2OS/c1-2-21-17-22(25(30-21)27-24(29)18-10-5-3-6-11-18)23(28-14-7-4-8-15-28)19-12-9-13-20(26)16-19/h3,5-6,9-13,16-17,23H,2,4,7-8,14-15H2,1H3,(H,27,29)/t23-/m0/s1. The van der Waals surface area contributed by atoms with Crippen molar-refractivity contribution in [2.24, 2.45) is 0 Å². The summed E-state index contributed by atoms with van der Waals surface area (Å²) in [6.45, 7) is 4.27. The minimum absolute atomic E-state index is 0.0650. The molecule has 0 aliphatic carbocycles. The lowest BCUT2D eigenvalue weighted by molar-refractivity contribution is 0.102. The van der Waals surface area contributed by atoms with Gasteiger partial charge in [-0.2, -0.15) is 0 Å². The number of nitrogens with zero attached hydrogens (tertiary/aromatic N) is 1. The van der Waals surface area contributed by atoms with Gasteiger partial charge in [-0.15, -0.1) is 11.3 Å². The molecule has 1 atom stereocenters. The molecule has 0 saturated carbocycles. The van der Waals surface area contributed by atoms with E-state index in [4.69, 9.17) is 11.6 Å². The van der Waals surface area contributed by atoms with E-state index in [2.05, 4.69) is 35.3 Å². The van der Waals surface area contributed by atoms with Crippen LogP contribution in [0.15, 0.2) is 60.7 Å². The average Bonchev–Trinajstić information content (AvgIpc) is 3.18. The SMILES string of the molecule is CCc1cc([C@H](c2cccc(Cl)c2)N2CCCCC2)c(NC(=O)c2ccccc2)s1. The lowest BCUT2D eigenvalue weighted by Gasteiger charge is -2.35. The Balaban J connectivity index is 1.74. The van der Waals surface area contributed by atoms with Crippen LogP contribution in [0.2, 0.25) is 5.02 Å². The van der Waals surface area contributed by atoms with E-state index in [1.807, 2.05) is 42.5 Å². The first-order chi connectivity index (χ1) is 14.7. The predicted octanol–water partition coefficient (Wildman–Crippen LogP) is 6.79. The summed E-state index contributed by atoms with van der Waals surface area (Å²) >= 11 is 8.05. The van der Waals surface area contributed by atoms with Crippen LogP contribution >= 0.6 is 22.9 Å². The van der Waals surface area contributed by atoms with Crippen LogP contribution in [0, 0.1) is 0 Å². The molecule has 1 fully saturated rings. The number of carbonyl (C=O) groups excluding carboxylic acids is 1. The maximum atomic E-state index is 12.9. The molecule has 1 N–H and O–H groups in total. The van der Waals surface area contributed by atoms with Gasteiger partial charge in [0.2, 0.25) is 0 Å². The first-order valence-electron chi connectivity index (χ1n) is 10.6. The zero-order chi connectivity index (χ0) is 20.9. The van der Waals surface area contributed by atoms with Gasteiger partial charge in [0.1, 0.15) is 5.00 Å². The van der Waals surface area contributed by atoms with Gasteiger partial charge in [-0.3, -0.25) is 9.69 Å². The summed E-state index contributed by atoms with van der Waals surface area (Å²) in [5.74, 6) is -0.0650. The van der Waals surface area contributed by atoms with E-state index in [1.54, 1.807) is 11.3 Å². The molecular weight excluding hydrogens is 412 g/mol. The molecule has 0 spiro atoms. The predicted molar refractivity (Wildman–Crippen MR) is 127 cm³/mol. The number of halogens is 1. The highest BCUT2D eigenvalue weighted by atomic mass is 35.5. The number of aryl methyl sites for hydroxylation is 1. The van der Waals surface area contributed by atoms with Crippen molar-refractivity contribution in [2.75, 3.05) is 18.4 Å². The molecule has 1 aliphatic heterocycles. The van der Waals surface area contributed by atoms with E-state index in [9.17, 15) is 4.79 Å². The highest BCUT2D eigenvalue weighted by molar-refractivity contribution is 7.16. The number of hydrogen-bond donors (Lipinski definition) is 1. The Kier molecular flexibility index (Phi) is 6.88. The Hall–Kier alpha value is -2.14. The minimum atomic E-state index is -0.0650. The molecule has 0 radical (unpaired) electrons. The Morgan fingerprint density at radius 3 is 2.53 bits per heavy atom. The third kappa shape index (κ3) is 4.77. The molecule has 5 heteroatoms. The van der Waals surface area contributed by atoms with Crippen molar-refractivity contribution < 1.29 is 4.79 Å². The zero-order valence-electron chi connectivity index (χ0n) is 17.2. The van der Waals surface area contributed by atoms with Gasteiger partial charge in [0, 0.05) is 21.0 Å². The van der Waals surface area contributed by atoms with Crippen LogP contribution in [0.5, 0.6) is 0 Å². The second kappa shape index (κ2) is 9.78. The van der Waals surface area contributed by atoms with Crippen molar-refractivity contribution >= 4 is 33.8 Å². The Labute approximate surface area is 187 Å². The molecule has 0 bridgehead atoms. The fraction of sp³-hybridized carbons (Fsp3) is 0.320. The third-order valence-electron chi connectivity index (χ3n) is 5.64. The molecule has 4 rings (SSSR count). The number of benzene rings is 2. The molecule has 1 aromatic heterocycles. The first-order valence-corrected chi connectivity index (χ1v) is 11.8. The monoisotopic (exact) mass is 438 g/mol. The second-order valence-corrected chi connectivity index (χ2v) is 9.30. The van der Waals surface area contributed by atoms with Crippen LogP contribution < -0.4 is 5.32 Å². The van der Waals surface area contributed by atoms with E-state index in [0.29, 0.717) is 5.56 Å². The van der Waals surface area contributed by atoms with Crippen molar-refractivity contribution in [1.82, 2.24) is 4.90 Å². The first kappa shape index (κ1) is 21.1. The van der Waals surface area contributed by atoms with Crippen LogP contribution in [0.3, 0.4) is 0 Å². The van der Waals surface area contributed by atoms with Crippen molar-refractivity contribution in [3.05, 3.63) is 87.3 Å². The lowest BCUT2D eigenvalue weighted by atomic mass is 9.95. The van der Waals surface area contributed by atoms with Crippen LogP contribution in [-0.2, 0) is 6.42 Å². The van der Waals surface area contributed by atoms with Crippen LogP contribution in [0.4, 0.5) is 5.00 Å². The summed E-state index contributed by atoms with van der Waals surface area (Å²) in [5.41, 5.74) is 3.03. The smallest absolute Gasteiger partial charge is 0.256 e. The van der Waals surface area contributed by atoms with Crippen LogP contribution in [0.25, 0.3) is 0 Å². The molecular formula is C25H27ClN2OS. The van der Waals surface area contributed by atoms with Gasteiger partial charge in [-0.1, -0.05) is 55.3 Å². The molecule has 156 valence electrons. The number of amides is 1. The molecule has 2 aromatic carbocycles. The van der Waals surface area contributed by atoms with E-state index in [1.165, 1.54) is 35.3 Å². The van der Waals surface area contributed by atoms with Gasteiger partial charge in [0.25, 0.3) is 5.91 Å². The lowest BCUT2D eigenvalue weighted by Crippen LogP contribution is -2.34. The number of likely N-dealkylation sites (tertiary alicyclic amines) is 1. The van der Waals surface area contributed by atoms with Crippen molar-refractivity contribution in [3.8, 4) is 0 Å². The summed E-state index contributed by atoms with van der Waals surface area (Å²) in [6.07, 6.45) is 4.63. The topological polar surface area (TPSA) is 32.3 Å². The van der Waals surface area contributed by atoms with Gasteiger partial charge in [0.05, 0.1) is 6.04 Å². The van der Waals surface area contributed by atoms with Crippen molar-refractivity contribution in [1.29, 1.82) is 0 Å². The van der Waals surface area contributed by atoms with E-state index >= 15 is 0 Å². The van der Waals surface area contributed by atoms with Crippen LogP contribution in [0.1, 0.15) is 58.6 Å². The number of rotatable bonds is 6. The van der Waals surface area contributed by atoms with Crippen LogP contribution in [-0.4, -0.2) is 23.9 Å². The summed E-state index contributed by atoms with van der Waals surface area (Å²) < 4.78 is 0. The Bertz CT molecular complexity index is 995. The van der Waals surface area contributed by atoms with Gasteiger partial charge < -0.3 is 5.32 Å². The molecule has 2 heterocycles. The Morgan fingerprint density at radius 2 is 1.83 bits per heavy atom. The van der Waals surface area contributed by atoms with Gasteiger partial charge in [-0.05, 0) is 68.2 Å².